The molecule has 0 bridgehead atoms. The molecule has 15 heavy (non-hydrogen) atoms. The molecule has 0 spiro atoms. The summed E-state index contributed by atoms with van der Waals surface area (Å²) in [5.74, 6) is -0.239. The summed E-state index contributed by atoms with van der Waals surface area (Å²) in [6.45, 7) is 1.37. The van der Waals surface area contributed by atoms with Gasteiger partial charge in [-0.15, -0.1) is 0 Å². The van der Waals surface area contributed by atoms with Gasteiger partial charge in [-0.05, 0) is 17.7 Å². The van der Waals surface area contributed by atoms with Crippen molar-refractivity contribution in [3.05, 3.63) is 34.9 Å². The van der Waals surface area contributed by atoms with Crippen molar-refractivity contribution >= 4 is 23.8 Å². The predicted molar refractivity (Wildman–Crippen MR) is 58.5 cm³/mol. The number of benzene rings is 1. The SMILES string of the molecule is CC(=O)N[C@H]([C]=O)Cc1ccc(Cl)cc1. The molecule has 0 heterocycles. The zero-order valence-electron chi connectivity index (χ0n) is 8.29. The first kappa shape index (κ1) is 11.7. The molecule has 79 valence electrons. The molecule has 1 aromatic rings. The highest BCUT2D eigenvalue weighted by atomic mass is 35.5. The summed E-state index contributed by atoms with van der Waals surface area (Å²) in [5, 5.41) is 3.14. The third-order valence-corrected chi connectivity index (χ3v) is 2.12. The number of carbonyl (C=O) groups is 1. The topological polar surface area (TPSA) is 46.2 Å². The van der Waals surface area contributed by atoms with Gasteiger partial charge in [0.1, 0.15) is 0 Å². The third kappa shape index (κ3) is 4.13. The van der Waals surface area contributed by atoms with Crippen molar-refractivity contribution < 1.29 is 9.59 Å². The average molecular weight is 225 g/mol. The van der Waals surface area contributed by atoms with Crippen LogP contribution in [0.5, 0.6) is 0 Å². The van der Waals surface area contributed by atoms with E-state index in [4.69, 9.17) is 11.6 Å². The Morgan fingerprint density at radius 3 is 2.53 bits per heavy atom. The van der Waals surface area contributed by atoms with Gasteiger partial charge in [-0.1, -0.05) is 23.7 Å². The molecular weight excluding hydrogens is 214 g/mol. The van der Waals surface area contributed by atoms with Gasteiger partial charge in [0, 0.05) is 18.4 Å². The molecule has 0 aliphatic heterocycles. The molecule has 0 fully saturated rings. The normalized spacial score (nSPS) is 11.9. The Bertz CT molecular complexity index is 348. The lowest BCUT2D eigenvalue weighted by molar-refractivity contribution is -0.119. The predicted octanol–water partition coefficient (Wildman–Crippen LogP) is 1.50. The zero-order valence-corrected chi connectivity index (χ0v) is 9.04. The van der Waals surface area contributed by atoms with Crippen LogP contribution >= 0.6 is 11.6 Å². The maximum Gasteiger partial charge on any atom is 0.223 e. The summed E-state index contributed by atoms with van der Waals surface area (Å²) >= 11 is 5.72. The van der Waals surface area contributed by atoms with E-state index < -0.39 is 6.04 Å². The maximum absolute atomic E-state index is 10.7. The van der Waals surface area contributed by atoms with Crippen molar-refractivity contribution in [2.75, 3.05) is 0 Å². The molecule has 0 aliphatic rings. The van der Waals surface area contributed by atoms with Gasteiger partial charge in [0.25, 0.3) is 0 Å². The van der Waals surface area contributed by atoms with E-state index in [1.165, 1.54) is 6.92 Å². The molecule has 1 radical (unpaired) electrons. The fraction of sp³-hybridized carbons (Fsp3) is 0.273. The van der Waals surface area contributed by atoms with Gasteiger partial charge < -0.3 is 5.32 Å². The second-order valence-electron chi connectivity index (χ2n) is 3.20. The molecule has 0 saturated heterocycles. The second-order valence-corrected chi connectivity index (χ2v) is 3.64. The summed E-state index contributed by atoms with van der Waals surface area (Å²) < 4.78 is 0. The summed E-state index contributed by atoms with van der Waals surface area (Å²) in [7, 11) is 0. The van der Waals surface area contributed by atoms with Crippen molar-refractivity contribution in [3.63, 3.8) is 0 Å². The zero-order chi connectivity index (χ0) is 11.3. The van der Waals surface area contributed by atoms with E-state index in [9.17, 15) is 9.59 Å². The van der Waals surface area contributed by atoms with Crippen molar-refractivity contribution in [1.29, 1.82) is 0 Å². The average Bonchev–Trinajstić information content (AvgIpc) is 2.19. The first-order chi connectivity index (χ1) is 7.11. The number of nitrogens with one attached hydrogen (secondary N) is 1. The smallest absolute Gasteiger partial charge is 0.223 e. The second kappa shape index (κ2) is 5.51. The highest BCUT2D eigenvalue weighted by molar-refractivity contribution is 6.30. The van der Waals surface area contributed by atoms with Crippen LogP contribution in [0.3, 0.4) is 0 Å². The molecular formula is C11H11ClNO2. The van der Waals surface area contributed by atoms with Crippen LogP contribution in [-0.4, -0.2) is 18.2 Å². The van der Waals surface area contributed by atoms with E-state index in [0.29, 0.717) is 11.4 Å². The molecule has 0 saturated carbocycles. The van der Waals surface area contributed by atoms with Crippen molar-refractivity contribution in [2.45, 2.75) is 19.4 Å². The van der Waals surface area contributed by atoms with Gasteiger partial charge in [0.05, 0.1) is 6.04 Å². The van der Waals surface area contributed by atoms with E-state index in [2.05, 4.69) is 5.32 Å². The Balaban J connectivity index is 2.62. The summed E-state index contributed by atoms with van der Waals surface area (Å²) in [6, 6.07) is 6.52. The van der Waals surface area contributed by atoms with Crippen LogP contribution in [0.1, 0.15) is 12.5 Å². The molecule has 0 unspecified atom stereocenters. The van der Waals surface area contributed by atoms with Crippen molar-refractivity contribution in [3.8, 4) is 0 Å². The van der Waals surface area contributed by atoms with Crippen LogP contribution in [0, 0.1) is 0 Å². The molecule has 3 nitrogen and oxygen atoms in total. The van der Waals surface area contributed by atoms with Gasteiger partial charge in [-0.25, -0.2) is 0 Å². The van der Waals surface area contributed by atoms with Crippen molar-refractivity contribution in [2.24, 2.45) is 0 Å². The fourth-order valence-electron chi connectivity index (χ4n) is 1.22. The van der Waals surface area contributed by atoms with E-state index in [1.54, 1.807) is 18.4 Å². The Morgan fingerprint density at radius 1 is 1.47 bits per heavy atom. The van der Waals surface area contributed by atoms with Crippen LogP contribution < -0.4 is 5.32 Å². The van der Waals surface area contributed by atoms with Crippen LogP contribution in [0.15, 0.2) is 24.3 Å². The van der Waals surface area contributed by atoms with Gasteiger partial charge in [-0.2, -0.15) is 0 Å². The number of rotatable bonds is 4. The Kier molecular flexibility index (Phi) is 4.31. The molecule has 1 rings (SSSR count). The van der Waals surface area contributed by atoms with Gasteiger partial charge >= 0.3 is 0 Å². The van der Waals surface area contributed by atoms with E-state index >= 15 is 0 Å². The molecule has 0 aliphatic carbocycles. The highest BCUT2D eigenvalue weighted by Gasteiger charge is 2.10. The van der Waals surface area contributed by atoms with Crippen molar-refractivity contribution in [1.82, 2.24) is 5.32 Å². The first-order valence-corrected chi connectivity index (χ1v) is 4.89. The van der Waals surface area contributed by atoms with E-state index in [1.807, 2.05) is 12.1 Å². The molecule has 1 N–H and O–H groups in total. The lowest BCUT2D eigenvalue weighted by Gasteiger charge is -2.10. The molecule has 1 aromatic carbocycles. The monoisotopic (exact) mass is 224 g/mol. The minimum absolute atomic E-state index is 0.239. The number of halogens is 1. The summed E-state index contributed by atoms with van der Waals surface area (Å²) in [4.78, 5) is 21.3. The fourth-order valence-corrected chi connectivity index (χ4v) is 1.35. The maximum atomic E-state index is 10.7. The van der Waals surface area contributed by atoms with Gasteiger partial charge in [0.2, 0.25) is 12.2 Å². The highest BCUT2D eigenvalue weighted by Crippen LogP contribution is 2.10. The third-order valence-electron chi connectivity index (χ3n) is 1.87. The minimum Gasteiger partial charge on any atom is -0.346 e. The summed E-state index contributed by atoms with van der Waals surface area (Å²) in [6.07, 6.45) is 2.21. The Morgan fingerprint density at radius 2 is 2.07 bits per heavy atom. The van der Waals surface area contributed by atoms with Gasteiger partial charge in [0.15, 0.2) is 0 Å². The Hall–Kier alpha value is -1.35. The Labute approximate surface area is 93.4 Å². The lowest BCUT2D eigenvalue weighted by Crippen LogP contribution is -2.35. The number of carbonyl (C=O) groups excluding carboxylic acids is 2. The lowest BCUT2D eigenvalue weighted by atomic mass is 10.1. The standard InChI is InChI=1S/C11H11ClNO2/c1-8(15)13-11(7-14)6-9-2-4-10(12)5-3-9/h2-5,11H,6H2,1H3,(H,13,15)/t11-/m0/s1. The summed E-state index contributed by atoms with van der Waals surface area (Å²) in [5.41, 5.74) is 0.932. The number of hydrogen-bond acceptors (Lipinski definition) is 2. The largest absolute Gasteiger partial charge is 0.346 e. The first-order valence-electron chi connectivity index (χ1n) is 4.51. The van der Waals surface area contributed by atoms with E-state index in [-0.39, 0.29) is 5.91 Å². The minimum atomic E-state index is -0.594. The van der Waals surface area contributed by atoms with Crippen LogP contribution in [-0.2, 0) is 16.0 Å². The number of hydrogen-bond donors (Lipinski definition) is 1. The molecule has 0 aromatic heterocycles. The van der Waals surface area contributed by atoms with Crippen LogP contribution in [0.25, 0.3) is 0 Å². The number of amides is 1. The molecule has 1 amide bonds. The molecule has 1 atom stereocenters. The quantitative estimate of drug-likeness (QED) is 0.843. The van der Waals surface area contributed by atoms with Gasteiger partial charge in [-0.3, -0.25) is 9.59 Å². The van der Waals surface area contributed by atoms with E-state index in [0.717, 1.165) is 5.56 Å². The van der Waals surface area contributed by atoms with Crippen LogP contribution in [0.4, 0.5) is 0 Å². The molecule has 4 heteroatoms. The van der Waals surface area contributed by atoms with Crippen LogP contribution in [0.2, 0.25) is 5.02 Å².